The topological polar surface area (TPSA) is 18.5 Å². The van der Waals surface area contributed by atoms with E-state index in [0.29, 0.717) is 16.5 Å². The summed E-state index contributed by atoms with van der Waals surface area (Å²) >= 11 is 5.66. The summed E-state index contributed by atoms with van der Waals surface area (Å²) in [6.07, 6.45) is 0. The molecule has 0 aliphatic rings. The summed E-state index contributed by atoms with van der Waals surface area (Å²) in [5, 5.41) is 0.516. The summed E-state index contributed by atoms with van der Waals surface area (Å²) in [6, 6.07) is 6.08. The average molecular weight is 172 g/mol. The molecule has 1 radical (unpaired) electrons. The van der Waals surface area contributed by atoms with Gasteiger partial charge in [-0.3, -0.25) is 0 Å². The molecule has 0 saturated heterocycles. The summed E-state index contributed by atoms with van der Waals surface area (Å²) in [5.41, 5.74) is 0. The second-order valence-corrected chi connectivity index (χ2v) is 2.32. The maximum absolute atomic E-state index is 5.66. The fourth-order valence-corrected chi connectivity index (χ4v) is 0.906. The third-order valence-corrected chi connectivity index (χ3v) is 1.50. The molecule has 0 aliphatic carbocycles. The first-order chi connectivity index (χ1) is 5.27. The third-order valence-electron chi connectivity index (χ3n) is 1.28. The Morgan fingerprint density at radius 2 is 1.91 bits per heavy atom. The van der Waals surface area contributed by atoms with E-state index in [1.54, 1.807) is 26.4 Å². The molecule has 0 fully saturated rings. The lowest BCUT2D eigenvalue weighted by Gasteiger charge is -2.05. The molecule has 0 spiro atoms. The van der Waals surface area contributed by atoms with Crippen LogP contribution in [0, 0.1) is 6.07 Å². The van der Waals surface area contributed by atoms with E-state index in [1.165, 1.54) is 0 Å². The smallest absolute Gasteiger partial charge is 0.162 e. The Hall–Kier alpha value is -0.890. The van der Waals surface area contributed by atoms with E-state index in [2.05, 4.69) is 6.07 Å². The molecule has 0 bridgehead atoms. The molecule has 0 aliphatic heterocycles. The summed E-state index contributed by atoms with van der Waals surface area (Å²) in [5.74, 6) is 1.26. The summed E-state index contributed by atoms with van der Waals surface area (Å²) < 4.78 is 9.96. The largest absolute Gasteiger partial charge is 0.493 e. The Morgan fingerprint density at radius 3 is 2.45 bits per heavy atom. The highest BCUT2D eigenvalue weighted by atomic mass is 35.5. The monoisotopic (exact) mass is 171 g/mol. The highest BCUT2D eigenvalue weighted by molar-refractivity contribution is 6.30. The maximum Gasteiger partial charge on any atom is 0.162 e. The number of halogens is 1. The molecule has 3 heteroatoms. The zero-order chi connectivity index (χ0) is 8.27. The molecule has 1 rings (SSSR count). The van der Waals surface area contributed by atoms with Crippen LogP contribution >= 0.6 is 11.6 Å². The predicted octanol–water partition coefficient (Wildman–Crippen LogP) is 2.16. The zero-order valence-corrected chi connectivity index (χ0v) is 7.11. The fraction of sp³-hybridized carbons (Fsp3) is 0.250. The lowest BCUT2D eigenvalue weighted by molar-refractivity contribution is 0.355. The van der Waals surface area contributed by atoms with Crippen molar-refractivity contribution in [2.75, 3.05) is 14.2 Å². The lowest BCUT2D eigenvalue weighted by Crippen LogP contribution is -1.89. The van der Waals surface area contributed by atoms with Crippen LogP contribution in [-0.2, 0) is 0 Å². The normalized spacial score (nSPS) is 9.36. The van der Waals surface area contributed by atoms with Gasteiger partial charge in [-0.05, 0) is 6.07 Å². The van der Waals surface area contributed by atoms with Crippen LogP contribution in [0.25, 0.3) is 0 Å². The lowest BCUT2D eigenvalue weighted by atomic mass is 10.3. The van der Waals surface area contributed by atoms with Crippen molar-refractivity contribution < 1.29 is 9.47 Å². The minimum atomic E-state index is 0.516. The molecule has 59 valence electrons. The minimum Gasteiger partial charge on any atom is -0.493 e. The van der Waals surface area contributed by atoms with Crippen molar-refractivity contribution in [2.45, 2.75) is 0 Å². The molecule has 1 aromatic carbocycles. The molecule has 0 amide bonds. The number of hydrogen-bond donors (Lipinski definition) is 0. The van der Waals surface area contributed by atoms with Gasteiger partial charge in [0, 0.05) is 12.1 Å². The van der Waals surface area contributed by atoms with Crippen LogP contribution in [0.1, 0.15) is 0 Å². The SMILES string of the molecule is COc1c[c]c(Cl)cc1OC. The molecule has 0 heterocycles. The number of rotatable bonds is 2. The van der Waals surface area contributed by atoms with Crippen molar-refractivity contribution in [3.05, 3.63) is 23.2 Å². The van der Waals surface area contributed by atoms with Gasteiger partial charge in [0.15, 0.2) is 11.5 Å². The van der Waals surface area contributed by atoms with E-state index in [0.717, 1.165) is 0 Å². The Balaban J connectivity index is 3.06. The predicted molar refractivity (Wildman–Crippen MR) is 43.4 cm³/mol. The van der Waals surface area contributed by atoms with E-state index in [-0.39, 0.29) is 0 Å². The Labute approximate surface area is 70.7 Å². The van der Waals surface area contributed by atoms with E-state index in [4.69, 9.17) is 21.1 Å². The zero-order valence-electron chi connectivity index (χ0n) is 6.35. The fourth-order valence-electron chi connectivity index (χ4n) is 0.753. The number of ether oxygens (including phenoxy) is 2. The maximum atomic E-state index is 5.66. The van der Waals surface area contributed by atoms with Crippen LogP contribution < -0.4 is 9.47 Å². The summed E-state index contributed by atoms with van der Waals surface area (Å²) in [6.45, 7) is 0. The number of methoxy groups -OCH3 is 2. The van der Waals surface area contributed by atoms with E-state index in [9.17, 15) is 0 Å². The van der Waals surface area contributed by atoms with Gasteiger partial charge >= 0.3 is 0 Å². The first-order valence-corrected chi connectivity index (χ1v) is 3.45. The van der Waals surface area contributed by atoms with Gasteiger partial charge in [-0.15, -0.1) is 0 Å². The molecule has 0 N–H and O–H groups in total. The molecule has 0 saturated carbocycles. The Morgan fingerprint density at radius 1 is 1.27 bits per heavy atom. The number of hydrogen-bond acceptors (Lipinski definition) is 2. The van der Waals surface area contributed by atoms with Crippen molar-refractivity contribution >= 4 is 11.6 Å². The van der Waals surface area contributed by atoms with Gasteiger partial charge in [0.2, 0.25) is 0 Å². The van der Waals surface area contributed by atoms with Crippen molar-refractivity contribution in [3.8, 4) is 11.5 Å². The van der Waals surface area contributed by atoms with Crippen LogP contribution in [0.15, 0.2) is 12.1 Å². The minimum absolute atomic E-state index is 0.516. The van der Waals surface area contributed by atoms with Gasteiger partial charge in [-0.25, -0.2) is 0 Å². The van der Waals surface area contributed by atoms with Crippen LogP contribution in [0.2, 0.25) is 5.02 Å². The van der Waals surface area contributed by atoms with Gasteiger partial charge in [-0.1, -0.05) is 11.6 Å². The Bertz CT molecular complexity index is 248. The highest BCUT2D eigenvalue weighted by Gasteiger charge is 2.02. The van der Waals surface area contributed by atoms with Gasteiger partial charge in [0.25, 0.3) is 0 Å². The van der Waals surface area contributed by atoms with Gasteiger partial charge in [-0.2, -0.15) is 0 Å². The second kappa shape index (κ2) is 3.49. The molecule has 11 heavy (non-hydrogen) atoms. The van der Waals surface area contributed by atoms with Crippen molar-refractivity contribution in [2.24, 2.45) is 0 Å². The molecular weight excluding hydrogens is 164 g/mol. The van der Waals surface area contributed by atoms with Crippen LogP contribution in [0.3, 0.4) is 0 Å². The number of benzene rings is 1. The molecule has 0 atom stereocenters. The first kappa shape index (κ1) is 8.21. The van der Waals surface area contributed by atoms with E-state index in [1.807, 2.05) is 0 Å². The van der Waals surface area contributed by atoms with E-state index >= 15 is 0 Å². The van der Waals surface area contributed by atoms with Crippen LogP contribution in [-0.4, -0.2) is 14.2 Å². The van der Waals surface area contributed by atoms with Crippen LogP contribution in [0.5, 0.6) is 11.5 Å². The highest BCUT2D eigenvalue weighted by Crippen LogP contribution is 2.28. The molecule has 0 unspecified atom stereocenters. The van der Waals surface area contributed by atoms with Crippen molar-refractivity contribution in [1.29, 1.82) is 0 Å². The van der Waals surface area contributed by atoms with Crippen molar-refractivity contribution in [1.82, 2.24) is 0 Å². The molecule has 2 nitrogen and oxygen atoms in total. The molecule has 1 aromatic rings. The van der Waals surface area contributed by atoms with E-state index < -0.39 is 0 Å². The average Bonchev–Trinajstić information content (AvgIpc) is 2.04. The van der Waals surface area contributed by atoms with Crippen LogP contribution in [0.4, 0.5) is 0 Å². The summed E-state index contributed by atoms with van der Waals surface area (Å²) in [7, 11) is 3.13. The summed E-state index contributed by atoms with van der Waals surface area (Å²) in [4.78, 5) is 0. The first-order valence-electron chi connectivity index (χ1n) is 3.07. The standard InChI is InChI=1S/C8H8ClO2/c1-10-7-4-3-6(9)5-8(7)11-2/h4-5H,1-2H3. The Kier molecular flexibility index (Phi) is 2.60. The third kappa shape index (κ3) is 1.77. The van der Waals surface area contributed by atoms with Crippen molar-refractivity contribution in [3.63, 3.8) is 0 Å². The van der Waals surface area contributed by atoms with Gasteiger partial charge < -0.3 is 9.47 Å². The second-order valence-electron chi connectivity index (χ2n) is 1.92. The van der Waals surface area contributed by atoms with Gasteiger partial charge in [0.05, 0.1) is 19.2 Å². The molecular formula is C8H8ClO2. The van der Waals surface area contributed by atoms with Gasteiger partial charge in [0.1, 0.15) is 0 Å². The quantitative estimate of drug-likeness (QED) is 0.679. The molecule has 0 aromatic heterocycles.